The van der Waals surface area contributed by atoms with E-state index < -0.39 is 11.5 Å². The van der Waals surface area contributed by atoms with Gasteiger partial charge in [0.1, 0.15) is 22.0 Å². The molecule has 1 aromatic heterocycles. The van der Waals surface area contributed by atoms with Crippen LogP contribution in [0.1, 0.15) is 44.1 Å². The minimum Gasteiger partial charge on any atom is -0.491 e. The van der Waals surface area contributed by atoms with E-state index in [1.54, 1.807) is 12.3 Å². The van der Waals surface area contributed by atoms with Gasteiger partial charge in [0.2, 0.25) is 0 Å². The van der Waals surface area contributed by atoms with Gasteiger partial charge in [-0.25, -0.2) is 9.78 Å². The van der Waals surface area contributed by atoms with Crippen molar-refractivity contribution >= 4 is 23.2 Å². The van der Waals surface area contributed by atoms with Gasteiger partial charge in [-0.2, -0.15) is 0 Å². The van der Waals surface area contributed by atoms with Crippen molar-refractivity contribution < 1.29 is 19.4 Å². The van der Waals surface area contributed by atoms with Crippen molar-refractivity contribution in [1.29, 1.82) is 0 Å². The summed E-state index contributed by atoms with van der Waals surface area (Å²) < 4.78 is 5.63. The number of likely N-dealkylation sites (tertiary alicyclic amines) is 1. The molecule has 1 aliphatic rings. The minimum atomic E-state index is -1.16. The number of thiazole rings is 1. The van der Waals surface area contributed by atoms with E-state index in [2.05, 4.69) is 4.98 Å². The summed E-state index contributed by atoms with van der Waals surface area (Å²) in [4.78, 5) is 30.2. The molecule has 138 valence electrons. The maximum absolute atomic E-state index is 12.8. The number of benzene rings is 1. The van der Waals surface area contributed by atoms with Gasteiger partial charge in [-0.1, -0.05) is 0 Å². The minimum absolute atomic E-state index is 0.106. The number of carbonyl (C=O) groups excluding carboxylic acids is 1. The highest BCUT2D eigenvalue weighted by atomic mass is 32.1. The van der Waals surface area contributed by atoms with Crippen LogP contribution in [0.15, 0.2) is 29.6 Å². The number of nitrogens with zero attached hydrogens (tertiary/aromatic N) is 2. The third-order valence-corrected chi connectivity index (χ3v) is 5.43. The quantitative estimate of drug-likeness (QED) is 0.864. The van der Waals surface area contributed by atoms with Gasteiger partial charge in [-0.15, -0.1) is 11.3 Å². The highest BCUT2D eigenvalue weighted by Crippen LogP contribution is 2.32. The fraction of sp³-hybridized carbons (Fsp3) is 0.421. The highest BCUT2D eigenvalue weighted by Gasteiger charge is 2.46. The molecule has 1 atom stereocenters. The Morgan fingerprint density at radius 2 is 2.00 bits per heavy atom. The third-order valence-electron chi connectivity index (χ3n) is 4.54. The number of ether oxygens (including phenoxy) is 1. The van der Waals surface area contributed by atoms with Gasteiger partial charge in [0.05, 0.1) is 6.10 Å². The highest BCUT2D eigenvalue weighted by molar-refractivity contribution is 7.13. The van der Waals surface area contributed by atoms with Crippen LogP contribution in [0, 0.1) is 0 Å². The van der Waals surface area contributed by atoms with E-state index in [0.717, 1.165) is 16.3 Å². The molecule has 1 aromatic carbocycles. The molecule has 1 N–H and O–H groups in total. The van der Waals surface area contributed by atoms with Crippen LogP contribution < -0.4 is 4.74 Å². The lowest BCUT2D eigenvalue weighted by Crippen LogP contribution is -2.50. The Bertz CT molecular complexity index is 815. The van der Waals surface area contributed by atoms with Gasteiger partial charge in [0, 0.05) is 17.5 Å². The van der Waals surface area contributed by atoms with Gasteiger partial charge in [-0.05, 0) is 57.9 Å². The number of carboxylic acids is 1. The van der Waals surface area contributed by atoms with E-state index in [1.165, 1.54) is 16.2 Å². The van der Waals surface area contributed by atoms with Crippen molar-refractivity contribution in [1.82, 2.24) is 9.88 Å². The molecule has 26 heavy (non-hydrogen) atoms. The molecule has 1 amide bonds. The van der Waals surface area contributed by atoms with E-state index in [1.807, 2.05) is 38.1 Å². The molecule has 1 fully saturated rings. The Kier molecular flexibility index (Phi) is 5.00. The van der Waals surface area contributed by atoms with Crippen LogP contribution in [0.4, 0.5) is 0 Å². The van der Waals surface area contributed by atoms with Crippen molar-refractivity contribution in [3.63, 3.8) is 0 Å². The molecule has 0 aliphatic carbocycles. The number of hydrogen-bond acceptors (Lipinski definition) is 5. The number of carboxylic acid groups (broad SMARTS) is 1. The van der Waals surface area contributed by atoms with E-state index in [0.29, 0.717) is 25.1 Å². The van der Waals surface area contributed by atoms with Crippen LogP contribution in [-0.4, -0.2) is 45.1 Å². The Morgan fingerprint density at radius 1 is 1.31 bits per heavy atom. The molecular weight excluding hydrogens is 352 g/mol. The maximum atomic E-state index is 12.8. The van der Waals surface area contributed by atoms with Gasteiger partial charge in [-0.3, -0.25) is 4.79 Å². The molecule has 1 unspecified atom stereocenters. The summed E-state index contributed by atoms with van der Waals surface area (Å²) in [5.74, 6) is -0.514. The van der Waals surface area contributed by atoms with Gasteiger partial charge < -0.3 is 14.7 Å². The van der Waals surface area contributed by atoms with Crippen LogP contribution in [0.3, 0.4) is 0 Å². The number of carbonyl (C=O) groups is 2. The smallest absolute Gasteiger partial charge is 0.329 e. The molecule has 0 bridgehead atoms. The normalized spacial score (nSPS) is 19.8. The summed E-state index contributed by atoms with van der Waals surface area (Å²) in [7, 11) is 0. The Labute approximate surface area is 156 Å². The van der Waals surface area contributed by atoms with Crippen LogP contribution >= 0.6 is 11.3 Å². The number of amides is 1. The van der Waals surface area contributed by atoms with Crippen molar-refractivity contribution in [2.75, 3.05) is 6.54 Å². The summed E-state index contributed by atoms with van der Waals surface area (Å²) in [6.07, 6.45) is 1.25. The fourth-order valence-electron chi connectivity index (χ4n) is 3.10. The average molecular weight is 374 g/mol. The predicted octanol–water partition coefficient (Wildman–Crippen LogP) is 3.68. The van der Waals surface area contributed by atoms with Gasteiger partial charge in [0.15, 0.2) is 0 Å². The summed E-state index contributed by atoms with van der Waals surface area (Å²) in [6.45, 7) is 5.97. The summed E-state index contributed by atoms with van der Waals surface area (Å²) in [6, 6.07) is 7.56. The van der Waals surface area contributed by atoms with Crippen LogP contribution in [-0.2, 0) is 4.79 Å². The van der Waals surface area contributed by atoms with Crippen molar-refractivity contribution in [3.05, 3.63) is 35.3 Å². The summed E-state index contributed by atoms with van der Waals surface area (Å²) in [5.41, 5.74) is 0.0333. The van der Waals surface area contributed by atoms with Crippen molar-refractivity contribution in [3.8, 4) is 16.3 Å². The molecule has 1 saturated heterocycles. The number of hydrogen-bond donors (Lipinski definition) is 1. The molecule has 2 aromatic rings. The molecule has 0 radical (unpaired) electrons. The predicted molar refractivity (Wildman–Crippen MR) is 99.6 cm³/mol. The molecule has 0 saturated carbocycles. The fourth-order valence-corrected chi connectivity index (χ4v) is 3.90. The topological polar surface area (TPSA) is 79.7 Å². The van der Waals surface area contributed by atoms with Crippen LogP contribution in [0.25, 0.3) is 10.6 Å². The number of aromatic nitrogens is 1. The monoisotopic (exact) mass is 374 g/mol. The lowest BCUT2D eigenvalue weighted by molar-refractivity contribution is -0.147. The first-order valence-corrected chi connectivity index (χ1v) is 9.47. The first-order valence-electron chi connectivity index (χ1n) is 8.59. The first kappa shape index (κ1) is 18.4. The largest absolute Gasteiger partial charge is 0.491 e. The van der Waals surface area contributed by atoms with E-state index in [9.17, 15) is 14.7 Å². The summed E-state index contributed by atoms with van der Waals surface area (Å²) >= 11 is 1.37. The SMILES string of the molecule is CC(C)Oc1ccc(-c2nc(C(=O)N3CCCC3(C)C(=O)O)cs2)cc1. The first-order chi connectivity index (χ1) is 12.3. The lowest BCUT2D eigenvalue weighted by Gasteiger charge is -2.30. The number of rotatable bonds is 5. The number of aliphatic carboxylic acids is 1. The average Bonchev–Trinajstić information content (AvgIpc) is 3.22. The van der Waals surface area contributed by atoms with E-state index in [-0.39, 0.29) is 12.0 Å². The third kappa shape index (κ3) is 3.44. The Hall–Kier alpha value is -2.41. The molecule has 2 heterocycles. The molecular formula is C19H22N2O4S. The summed E-state index contributed by atoms with van der Waals surface area (Å²) in [5, 5.41) is 11.9. The Morgan fingerprint density at radius 3 is 2.62 bits per heavy atom. The van der Waals surface area contributed by atoms with E-state index >= 15 is 0 Å². The van der Waals surface area contributed by atoms with Crippen molar-refractivity contribution in [2.24, 2.45) is 0 Å². The molecule has 1 aliphatic heterocycles. The lowest BCUT2D eigenvalue weighted by atomic mass is 9.99. The van der Waals surface area contributed by atoms with Crippen LogP contribution in [0.2, 0.25) is 0 Å². The van der Waals surface area contributed by atoms with Gasteiger partial charge in [0.25, 0.3) is 5.91 Å². The zero-order chi connectivity index (χ0) is 18.9. The second-order valence-corrected chi connectivity index (χ2v) is 7.73. The van der Waals surface area contributed by atoms with Crippen molar-refractivity contribution in [2.45, 2.75) is 45.3 Å². The molecule has 3 rings (SSSR count). The molecule has 0 spiro atoms. The maximum Gasteiger partial charge on any atom is 0.329 e. The molecule has 7 heteroatoms. The molecule has 6 nitrogen and oxygen atoms in total. The Balaban J connectivity index is 1.79. The van der Waals surface area contributed by atoms with Gasteiger partial charge >= 0.3 is 5.97 Å². The van der Waals surface area contributed by atoms with Crippen LogP contribution in [0.5, 0.6) is 5.75 Å². The standard InChI is InChI=1S/C19H22N2O4S/c1-12(2)25-14-7-5-13(6-8-14)16-20-15(11-26-16)17(22)21-10-4-9-19(21,3)18(23)24/h5-8,11-12H,4,9-10H2,1-3H3,(H,23,24). The van der Waals surface area contributed by atoms with E-state index in [4.69, 9.17) is 4.74 Å². The second kappa shape index (κ2) is 7.07. The zero-order valence-electron chi connectivity index (χ0n) is 15.1. The second-order valence-electron chi connectivity index (χ2n) is 6.87. The zero-order valence-corrected chi connectivity index (χ0v) is 15.9.